The Balaban J connectivity index is 1.79. The SMILES string of the molecule is Cc1ccc(-c2cc(C(=O)N3CCC(C)(C(=O)O)C3)c3c(C)noc3n2)cc1. The maximum absolute atomic E-state index is 13.3. The Labute approximate surface area is 162 Å². The first-order chi connectivity index (χ1) is 13.3. The van der Waals surface area contributed by atoms with Crippen molar-refractivity contribution in [1.29, 1.82) is 0 Å². The number of aryl methyl sites for hydroxylation is 2. The molecular formula is C21H21N3O4. The summed E-state index contributed by atoms with van der Waals surface area (Å²) >= 11 is 0. The van der Waals surface area contributed by atoms with Crippen molar-refractivity contribution < 1.29 is 19.2 Å². The minimum absolute atomic E-state index is 0.176. The summed E-state index contributed by atoms with van der Waals surface area (Å²) in [4.78, 5) is 31.0. The van der Waals surface area contributed by atoms with Crippen molar-refractivity contribution in [3.63, 3.8) is 0 Å². The van der Waals surface area contributed by atoms with Crippen molar-refractivity contribution in [2.24, 2.45) is 5.41 Å². The maximum atomic E-state index is 13.3. The van der Waals surface area contributed by atoms with E-state index in [1.807, 2.05) is 31.2 Å². The minimum Gasteiger partial charge on any atom is -0.481 e. The molecule has 7 heteroatoms. The summed E-state index contributed by atoms with van der Waals surface area (Å²) in [7, 11) is 0. The van der Waals surface area contributed by atoms with E-state index in [0.29, 0.717) is 41.0 Å². The Bertz CT molecular complexity index is 1090. The average Bonchev–Trinajstić information content (AvgIpc) is 3.25. The lowest BCUT2D eigenvalue weighted by molar-refractivity contribution is -0.147. The first-order valence-corrected chi connectivity index (χ1v) is 9.15. The van der Waals surface area contributed by atoms with Gasteiger partial charge in [-0.25, -0.2) is 4.98 Å². The van der Waals surface area contributed by atoms with Crippen LogP contribution in [0.1, 0.15) is 35.0 Å². The number of pyridine rings is 1. The molecule has 0 bridgehead atoms. The van der Waals surface area contributed by atoms with Crippen LogP contribution in [-0.4, -0.2) is 45.1 Å². The Morgan fingerprint density at radius 1 is 1.21 bits per heavy atom. The zero-order valence-corrected chi connectivity index (χ0v) is 16.0. The molecule has 1 aliphatic heterocycles. The van der Waals surface area contributed by atoms with Crippen LogP contribution in [-0.2, 0) is 4.79 Å². The van der Waals surface area contributed by atoms with Crippen LogP contribution in [0, 0.1) is 19.3 Å². The zero-order chi connectivity index (χ0) is 20.1. The molecule has 7 nitrogen and oxygen atoms in total. The topological polar surface area (TPSA) is 96.5 Å². The molecule has 1 aromatic carbocycles. The molecular weight excluding hydrogens is 358 g/mol. The minimum atomic E-state index is -0.925. The number of benzene rings is 1. The highest BCUT2D eigenvalue weighted by molar-refractivity contribution is 6.07. The molecule has 1 atom stereocenters. The summed E-state index contributed by atoms with van der Waals surface area (Å²) < 4.78 is 5.34. The van der Waals surface area contributed by atoms with Crippen LogP contribution in [0.5, 0.6) is 0 Å². The highest BCUT2D eigenvalue weighted by Crippen LogP contribution is 2.33. The summed E-state index contributed by atoms with van der Waals surface area (Å²) in [6.45, 7) is 6.02. The lowest BCUT2D eigenvalue weighted by atomic mass is 9.90. The average molecular weight is 379 g/mol. The number of likely N-dealkylation sites (tertiary alicyclic amines) is 1. The van der Waals surface area contributed by atoms with E-state index in [4.69, 9.17) is 4.52 Å². The van der Waals surface area contributed by atoms with Crippen LogP contribution >= 0.6 is 0 Å². The van der Waals surface area contributed by atoms with Crippen LogP contribution in [0.2, 0.25) is 0 Å². The molecule has 1 N–H and O–H groups in total. The third-order valence-corrected chi connectivity index (χ3v) is 5.47. The monoisotopic (exact) mass is 379 g/mol. The van der Waals surface area contributed by atoms with Crippen molar-refractivity contribution in [3.05, 3.63) is 47.2 Å². The number of amides is 1. The second kappa shape index (κ2) is 6.44. The first-order valence-electron chi connectivity index (χ1n) is 9.15. The molecule has 28 heavy (non-hydrogen) atoms. The fraction of sp³-hybridized carbons (Fsp3) is 0.333. The first kappa shape index (κ1) is 18.2. The molecule has 0 radical (unpaired) electrons. The van der Waals surface area contributed by atoms with E-state index >= 15 is 0 Å². The van der Waals surface area contributed by atoms with E-state index in [1.165, 1.54) is 0 Å². The molecule has 144 valence electrons. The Morgan fingerprint density at radius 2 is 1.93 bits per heavy atom. The van der Waals surface area contributed by atoms with Crippen LogP contribution < -0.4 is 0 Å². The van der Waals surface area contributed by atoms with Gasteiger partial charge in [-0.3, -0.25) is 9.59 Å². The van der Waals surface area contributed by atoms with Gasteiger partial charge in [0.2, 0.25) is 0 Å². The van der Waals surface area contributed by atoms with Gasteiger partial charge < -0.3 is 14.5 Å². The highest BCUT2D eigenvalue weighted by atomic mass is 16.5. The van der Waals surface area contributed by atoms with Crippen molar-refractivity contribution in [1.82, 2.24) is 15.0 Å². The number of nitrogens with zero attached hydrogens (tertiary/aromatic N) is 3. The molecule has 2 aromatic heterocycles. The van der Waals surface area contributed by atoms with Gasteiger partial charge in [0.15, 0.2) is 0 Å². The molecule has 3 aromatic rings. The number of carbonyl (C=O) groups excluding carboxylic acids is 1. The van der Waals surface area contributed by atoms with Gasteiger partial charge >= 0.3 is 5.97 Å². The third kappa shape index (κ3) is 2.93. The molecule has 4 rings (SSSR count). The van der Waals surface area contributed by atoms with Gasteiger partial charge in [-0.2, -0.15) is 0 Å². The summed E-state index contributed by atoms with van der Waals surface area (Å²) in [6, 6.07) is 9.59. The number of carboxylic acid groups (broad SMARTS) is 1. The standard InChI is InChI=1S/C21H21N3O4/c1-12-4-6-14(7-5-12)16-10-15(17-13(2)23-28-18(17)22-16)19(25)24-9-8-21(3,11-24)20(26)27/h4-7,10H,8-9,11H2,1-3H3,(H,26,27). The summed E-state index contributed by atoms with van der Waals surface area (Å²) in [5.41, 5.74) is 3.02. The van der Waals surface area contributed by atoms with Gasteiger partial charge in [0.1, 0.15) is 0 Å². The number of hydrogen-bond acceptors (Lipinski definition) is 5. The molecule has 0 saturated carbocycles. The number of aliphatic carboxylic acids is 1. The molecule has 3 heterocycles. The van der Waals surface area contributed by atoms with Crippen LogP contribution in [0.15, 0.2) is 34.9 Å². The number of hydrogen-bond donors (Lipinski definition) is 1. The Hall–Kier alpha value is -3.22. The fourth-order valence-corrected chi connectivity index (χ4v) is 3.61. The van der Waals surface area contributed by atoms with Crippen LogP contribution in [0.4, 0.5) is 0 Å². The normalized spacial score (nSPS) is 19.3. The number of carboxylic acids is 1. The fourth-order valence-electron chi connectivity index (χ4n) is 3.61. The summed E-state index contributed by atoms with van der Waals surface area (Å²) in [6.07, 6.45) is 0.426. The molecule has 1 unspecified atom stereocenters. The second-order valence-corrected chi connectivity index (χ2v) is 7.71. The summed E-state index contributed by atoms with van der Waals surface area (Å²) in [5, 5.41) is 14.0. The van der Waals surface area contributed by atoms with Gasteiger partial charge in [0.05, 0.1) is 27.8 Å². The Morgan fingerprint density at radius 3 is 2.57 bits per heavy atom. The predicted molar refractivity (Wildman–Crippen MR) is 103 cm³/mol. The van der Waals surface area contributed by atoms with Crippen molar-refractivity contribution in [2.45, 2.75) is 27.2 Å². The largest absolute Gasteiger partial charge is 0.481 e. The molecule has 1 amide bonds. The van der Waals surface area contributed by atoms with E-state index in [2.05, 4.69) is 10.1 Å². The lowest BCUT2D eigenvalue weighted by Crippen LogP contribution is -2.35. The lowest BCUT2D eigenvalue weighted by Gasteiger charge is -2.20. The molecule has 0 aliphatic carbocycles. The van der Waals surface area contributed by atoms with Gasteiger partial charge in [-0.05, 0) is 33.3 Å². The summed E-state index contributed by atoms with van der Waals surface area (Å²) in [5.74, 6) is -1.11. The quantitative estimate of drug-likeness (QED) is 0.749. The van der Waals surface area contributed by atoms with Crippen molar-refractivity contribution >= 4 is 23.0 Å². The maximum Gasteiger partial charge on any atom is 0.311 e. The van der Waals surface area contributed by atoms with Crippen LogP contribution in [0.25, 0.3) is 22.4 Å². The third-order valence-electron chi connectivity index (χ3n) is 5.47. The number of rotatable bonds is 3. The number of carbonyl (C=O) groups is 2. The predicted octanol–water partition coefficient (Wildman–Crippen LogP) is 3.44. The van der Waals surface area contributed by atoms with Gasteiger partial charge in [0, 0.05) is 18.7 Å². The van der Waals surface area contributed by atoms with Gasteiger partial charge in [-0.15, -0.1) is 0 Å². The van der Waals surface area contributed by atoms with E-state index in [-0.39, 0.29) is 12.5 Å². The van der Waals surface area contributed by atoms with E-state index in [9.17, 15) is 14.7 Å². The Kier molecular flexibility index (Phi) is 4.18. The van der Waals surface area contributed by atoms with Crippen LogP contribution in [0.3, 0.4) is 0 Å². The zero-order valence-electron chi connectivity index (χ0n) is 16.0. The smallest absolute Gasteiger partial charge is 0.311 e. The van der Waals surface area contributed by atoms with E-state index in [1.54, 1.807) is 24.8 Å². The molecule has 0 spiro atoms. The highest BCUT2D eigenvalue weighted by Gasteiger charge is 2.42. The van der Waals surface area contributed by atoms with E-state index < -0.39 is 11.4 Å². The van der Waals surface area contributed by atoms with Crippen molar-refractivity contribution in [2.75, 3.05) is 13.1 Å². The molecule has 1 fully saturated rings. The number of aromatic nitrogens is 2. The van der Waals surface area contributed by atoms with E-state index in [0.717, 1.165) is 11.1 Å². The molecule has 1 aliphatic rings. The molecule has 1 saturated heterocycles. The van der Waals surface area contributed by atoms with Gasteiger partial charge in [-0.1, -0.05) is 35.0 Å². The number of fused-ring (bicyclic) bond motifs is 1. The second-order valence-electron chi connectivity index (χ2n) is 7.71. The van der Waals surface area contributed by atoms with Crippen molar-refractivity contribution in [3.8, 4) is 11.3 Å². The van der Waals surface area contributed by atoms with Gasteiger partial charge in [0.25, 0.3) is 11.6 Å².